The van der Waals surface area contributed by atoms with Crippen molar-refractivity contribution in [3.05, 3.63) is 12.7 Å². The Balaban J connectivity index is 4.06. The molecule has 0 radical (unpaired) electrons. The zero-order valence-corrected chi connectivity index (χ0v) is 13.7. The Bertz CT molecular complexity index is 384. The van der Waals surface area contributed by atoms with Crippen LogP contribution in [0.5, 0.6) is 0 Å². The van der Waals surface area contributed by atoms with E-state index in [0.29, 0.717) is 6.61 Å². The summed E-state index contributed by atoms with van der Waals surface area (Å²) in [7, 11) is 2.93. The van der Waals surface area contributed by atoms with E-state index < -0.39 is 12.1 Å². The zero-order valence-electron chi connectivity index (χ0n) is 13.7. The topological polar surface area (TPSA) is 76.2 Å². The van der Waals surface area contributed by atoms with Crippen molar-refractivity contribution in [2.75, 3.05) is 40.4 Å². The van der Waals surface area contributed by atoms with Crippen LogP contribution in [0.1, 0.15) is 26.2 Å². The van der Waals surface area contributed by atoms with E-state index in [1.165, 1.54) is 25.1 Å². The minimum absolute atomic E-state index is 0.0806. The van der Waals surface area contributed by atoms with Crippen molar-refractivity contribution in [2.45, 2.75) is 26.2 Å². The Morgan fingerprint density at radius 1 is 1.05 bits per heavy atom. The first-order chi connectivity index (χ1) is 10.4. The third kappa shape index (κ3) is 8.99. The number of esters is 1. The lowest BCUT2D eigenvalue weighted by molar-refractivity contribution is -0.148. The fraction of sp³-hybridized carbons (Fsp3) is 0.667. The van der Waals surface area contributed by atoms with E-state index in [9.17, 15) is 14.4 Å². The molecule has 0 aromatic carbocycles. The fourth-order valence-electron chi connectivity index (χ4n) is 1.49. The first-order valence-electron chi connectivity index (χ1n) is 7.30. The lowest BCUT2D eigenvalue weighted by atomic mass is 10.3. The van der Waals surface area contributed by atoms with Crippen LogP contribution in [0.2, 0.25) is 0 Å². The molecule has 0 heterocycles. The first kappa shape index (κ1) is 19.9. The van der Waals surface area contributed by atoms with Crippen molar-refractivity contribution >= 4 is 18.0 Å². The van der Waals surface area contributed by atoms with Gasteiger partial charge < -0.3 is 19.3 Å². The molecular formula is C15H26N2O5. The predicted molar refractivity (Wildman–Crippen MR) is 82.3 cm³/mol. The second-order valence-electron chi connectivity index (χ2n) is 4.90. The number of hydrogen-bond donors (Lipinski definition) is 0. The molecular weight excluding hydrogens is 288 g/mol. The first-order valence-corrected chi connectivity index (χ1v) is 7.30. The van der Waals surface area contributed by atoms with E-state index in [1.807, 2.05) is 0 Å². The average molecular weight is 314 g/mol. The van der Waals surface area contributed by atoms with Crippen molar-refractivity contribution in [1.29, 1.82) is 0 Å². The number of hydrogen-bond acceptors (Lipinski definition) is 5. The molecule has 0 bridgehead atoms. The van der Waals surface area contributed by atoms with Crippen molar-refractivity contribution in [1.82, 2.24) is 9.80 Å². The van der Waals surface area contributed by atoms with E-state index in [1.54, 1.807) is 0 Å². The summed E-state index contributed by atoms with van der Waals surface area (Å²) in [4.78, 5) is 37.3. The van der Waals surface area contributed by atoms with Gasteiger partial charge in [0.2, 0.25) is 5.91 Å². The van der Waals surface area contributed by atoms with Gasteiger partial charge in [-0.25, -0.2) is 4.79 Å². The molecule has 0 atom stereocenters. The summed E-state index contributed by atoms with van der Waals surface area (Å²) in [5, 5.41) is 0. The van der Waals surface area contributed by atoms with Crippen LogP contribution < -0.4 is 0 Å². The quantitative estimate of drug-likeness (QED) is 0.346. The van der Waals surface area contributed by atoms with Gasteiger partial charge in [-0.2, -0.15) is 0 Å². The molecule has 0 fully saturated rings. The molecule has 0 aliphatic rings. The Morgan fingerprint density at radius 2 is 1.73 bits per heavy atom. The number of carbonyl (C=O) groups is 3. The lowest BCUT2D eigenvalue weighted by Gasteiger charge is -2.21. The number of carbonyl (C=O) groups excluding carboxylic acids is 3. The monoisotopic (exact) mass is 314 g/mol. The van der Waals surface area contributed by atoms with Gasteiger partial charge in [0.25, 0.3) is 0 Å². The van der Waals surface area contributed by atoms with Crippen LogP contribution >= 0.6 is 0 Å². The van der Waals surface area contributed by atoms with Crippen molar-refractivity contribution in [3.63, 3.8) is 0 Å². The highest BCUT2D eigenvalue weighted by molar-refractivity contribution is 5.85. The Kier molecular flexibility index (Phi) is 10.5. The van der Waals surface area contributed by atoms with Gasteiger partial charge in [0, 0.05) is 14.1 Å². The maximum Gasteiger partial charge on any atom is 0.410 e. The molecule has 0 saturated heterocycles. The molecule has 0 unspecified atom stereocenters. The molecule has 0 aliphatic carbocycles. The van der Waals surface area contributed by atoms with Gasteiger partial charge in [0.05, 0.1) is 6.61 Å². The minimum Gasteiger partial charge on any atom is -0.464 e. The standard InChI is InChI=1S/C15H26N2O5/c1-5-7-8-10-21-14(19)12-16(3)13(18)11-17(4)15(20)22-9-6-2/h6H,2,5,7-12H2,1,3-4H3. The molecule has 7 nitrogen and oxygen atoms in total. The SMILES string of the molecule is C=CCOC(=O)N(C)CC(=O)N(C)CC(=O)OCCCCC. The van der Waals surface area contributed by atoms with E-state index in [0.717, 1.165) is 24.2 Å². The Labute approximate surface area is 131 Å². The molecule has 0 saturated carbocycles. The van der Waals surface area contributed by atoms with Crippen molar-refractivity contribution < 1.29 is 23.9 Å². The number of nitrogens with zero attached hydrogens (tertiary/aromatic N) is 2. The molecule has 22 heavy (non-hydrogen) atoms. The average Bonchev–Trinajstić information content (AvgIpc) is 2.48. The van der Waals surface area contributed by atoms with Crippen LogP contribution in [0.15, 0.2) is 12.7 Å². The van der Waals surface area contributed by atoms with E-state index in [4.69, 9.17) is 9.47 Å². The van der Waals surface area contributed by atoms with Crippen LogP contribution in [0.3, 0.4) is 0 Å². The van der Waals surface area contributed by atoms with Gasteiger partial charge in [-0.1, -0.05) is 32.4 Å². The Hall–Kier alpha value is -2.05. The van der Waals surface area contributed by atoms with Gasteiger partial charge >= 0.3 is 12.1 Å². The molecule has 0 aliphatic heterocycles. The number of unbranched alkanes of at least 4 members (excludes halogenated alkanes) is 2. The van der Waals surface area contributed by atoms with Gasteiger partial charge in [0.1, 0.15) is 19.7 Å². The fourth-order valence-corrected chi connectivity index (χ4v) is 1.49. The predicted octanol–water partition coefficient (Wildman–Crippen LogP) is 1.43. The molecule has 126 valence electrons. The normalized spacial score (nSPS) is 9.77. The summed E-state index contributed by atoms with van der Waals surface area (Å²) in [6.07, 6.45) is 3.68. The number of likely N-dealkylation sites (N-methyl/N-ethyl adjacent to an activating group) is 2. The maximum absolute atomic E-state index is 11.9. The molecule has 0 rings (SSSR count). The summed E-state index contributed by atoms with van der Waals surface area (Å²) < 4.78 is 9.82. The highest BCUT2D eigenvalue weighted by Crippen LogP contribution is 1.97. The summed E-state index contributed by atoms with van der Waals surface area (Å²) in [6, 6.07) is 0. The molecule has 2 amide bonds. The number of rotatable bonds is 10. The zero-order chi connectivity index (χ0) is 17.0. The second-order valence-corrected chi connectivity index (χ2v) is 4.90. The largest absolute Gasteiger partial charge is 0.464 e. The number of amides is 2. The summed E-state index contributed by atoms with van der Waals surface area (Å²) in [5.74, 6) is -0.826. The van der Waals surface area contributed by atoms with Gasteiger partial charge in [-0.3, -0.25) is 9.59 Å². The smallest absolute Gasteiger partial charge is 0.410 e. The van der Waals surface area contributed by atoms with Gasteiger partial charge in [-0.15, -0.1) is 0 Å². The summed E-state index contributed by atoms with van der Waals surface area (Å²) in [5.41, 5.74) is 0. The number of ether oxygens (including phenoxy) is 2. The molecule has 7 heteroatoms. The molecule has 0 spiro atoms. The van der Waals surface area contributed by atoms with Crippen molar-refractivity contribution in [3.8, 4) is 0 Å². The van der Waals surface area contributed by atoms with E-state index >= 15 is 0 Å². The van der Waals surface area contributed by atoms with Crippen LogP contribution in [0.4, 0.5) is 4.79 Å². The molecule has 0 aromatic heterocycles. The minimum atomic E-state index is -0.621. The van der Waals surface area contributed by atoms with Crippen molar-refractivity contribution in [2.24, 2.45) is 0 Å². The van der Waals surface area contributed by atoms with Crippen LogP contribution in [-0.2, 0) is 19.1 Å². The van der Waals surface area contributed by atoms with Crippen LogP contribution in [0.25, 0.3) is 0 Å². The Morgan fingerprint density at radius 3 is 2.32 bits per heavy atom. The summed E-state index contributed by atoms with van der Waals surface area (Å²) >= 11 is 0. The van der Waals surface area contributed by atoms with E-state index in [-0.39, 0.29) is 25.6 Å². The maximum atomic E-state index is 11.9. The van der Waals surface area contributed by atoms with Gasteiger partial charge in [-0.05, 0) is 6.42 Å². The highest BCUT2D eigenvalue weighted by Gasteiger charge is 2.18. The molecule has 0 N–H and O–H groups in total. The third-order valence-electron chi connectivity index (χ3n) is 2.81. The second kappa shape index (κ2) is 11.6. The van der Waals surface area contributed by atoms with Gasteiger partial charge in [0.15, 0.2) is 0 Å². The lowest BCUT2D eigenvalue weighted by Crippen LogP contribution is -2.41. The third-order valence-corrected chi connectivity index (χ3v) is 2.81. The highest BCUT2D eigenvalue weighted by atomic mass is 16.6. The van der Waals surface area contributed by atoms with E-state index in [2.05, 4.69) is 13.5 Å². The van der Waals surface area contributed by atoms with Crippen LogP contribution in [0, 0.1) is 0 Å². The summed E-state index contributed by atoms with van der Waals surface area (Å²) in [6.45, 7) is 5.62. The molecule has 0 aromatic rings. The van der Waals surface area contributed by atoms with Crippen LogP contribution in [-0.4, -0.2) is 68.2 Å².